The molecule has 226 valence electrons. The van der Waals surface area contributed by atoms with E-state index in [1.165, 1.54) is 24.4 Å². The van der Waals surface area contributed by atoms with Crippen molar-refractivity contribution >= 4 is 58.3 Å². The fraction of sp³-hybridized carbons (Fsp3) is 0.333. The molecule has 2 aromatic carbocycles. The first-order chi connectivity index (χ1) is 20.5. The molecule has 0 radical (unpaired) electrons. The van der Waals surface area contributed by atoms with Crippen LogP contribution in [0.15, 0.2) is 59.7 Å². The van der Waals surface area contributed by atoms with Gasteiger partial charge in [0.1, 0.15) is 18.2 Å². The van der Waals surface area contributed by atoms with E-state index in [-0.39, 0.29) is 35.0 Å². The molecule has 2 N–H and O–H groups in total. The molecule has 43 heavy (non-hydrogen) atoms. The lowest BCUT2D eigenvalue weighted by atomic mass is 10.1. The fourth-order valence-corrected chi connectivity index (χ4v) is 4.48. The normalized spacial score (nSPS) is 13.9. The zero-order valence-electron chi connectivity index (χ0n) is 23.9. The van der Waals surface area contributed by atoms with Gasteiger partial charge in [0.05, 0.1) is 40.7 Å². The van der Waals surface area contributed by atoms with E-state index in [1.807, 2.05) is 26.8 Å². The van der Waals surface area contributed by atoms with Crippen LogP contribution in [0.3, 0.4) is 0 Å². The van der Waals surface area contributed by atoms with Crippen molar-refractivity contribution in [2.75, 3.05) is 48.4 Å². The molecule has 2 amide bonds. The van der Waals surface area contributed by atoms with Gasteiger partial charge < -0.3 is 29.7 Å². The molecule has 1 fully saturated rings. The van der Waals surface area contributed by atoms with E-state index >= 15 is 0 Å². The molecule has 1 atom stereocenters. The summed E-state index contributed by atoms with van der Waals surface area (Å²) in [5, 5.41) is 6.17. The van der Waals surface area contributed by atoms with Gasteiger partial charge in [0.25, 0.3) is 11.8 Å². The lowest BCUT2D eigenvalue weighted by molar-refractivity contribution is -0.0713. The predicted molar refractivity (Wildman–Crippen MR) is 164 cm³/mol. The Morgan fingerprint density at radius 1 is 1.02 bits per heavy atom. The lowest BCUT2D eigenvalue weighted by Crippen LogP contribution is -2.36. The van der Waals surface area contributed by atoms with Crippen LogP contribution in [0.25, 0.3) is 0 Å². The molecule has 3 aromatic rings. The zero-order valence-corrected chi connectivity index (χ0v) is 25.4. The van der Waals surface area contributed by atoms with Crippen LogP contribution in [0.2, 0.25) is 10.0 Å². The standard InChI is InChI=1S/C30H31Cl2N5O6/c1-30(2,3)43-27(34-18-38)17-42-25-15-21(37-10-12-41-13-11-37)6-7-22(25)28(39)35-24-8-4-19(31)14-23(24)29(40)36-26-9-5-20(32)16-33-26/h4-9,14-16,27H,10-13,17H2,1-3H3,(H,35,39)(H,33,36,40). The molecule has 1 aliphatic heterocycles. The summed E-state index contributed by atoms with van der Waals surface area (Å²) >= 11 is 12.1. The van der Waals surface area contributed by atoms with E-state index in [0.29, 0.717) is 36.3 Å². The molecule has 4 rings (SSSR count). The summed E-state index contributed by atoms with van der Waals surface area (Å²) in [6.45, 7) is 7.79. The van der Waals surface area contributed by atoms with Gasteiger partial charge >= 0.3 is 0 Å². The van der Waals surface area contributed by atoms with E-state index in [1.54, 1.807) is 30.3 Å². The van der Waals surface area contributed by atoms with Gasteiger partial charge in [-0.2, -0.15) is 4.99 Å². The van der Waals surface area contributed by atoms with Crippen molar-refractivity contribution in [3.05, 3.63) is 75.9 Å². The number of benzene rings is 2. The number of nitrogens with zero attached hydrogens (tertiary/aromatic N) is 3. The van der Waals surface area contributed by atoms with Crippen molar-refractivity contribution < 1.29 is 28.6 Å². The number of halogens is 2. The summed E-state index contributed by atoms with van der Waals surface area (Å²) < 4.78 is 17.3. The number of carbonyl (C=O) groups is 2. The Bertz CT molecular complexity index is 1500. The largest absolute Gasteiger partial charge is 0.488 e. The number of hydrogen-bond acceptors (Lipinski definition) is 9. The monoisotopic (exact) mass is 627 g/mol. The Balaban J connectivity index is 1.61. The van der Waals surface area contributed by atoms with Crippen LogP contribution in [0, 0.1) is 0 Å². The number of aromatic nitrogens is 1. The first kappa shape index (κ1) is 31.9. The Labute approximate surface area is 259 Å². The minimum Gasteiger partial charge on any atom is -0.488 e. The molecule has 1 saturated heterocycles. The molecule has 1 unspecified atom stereocenters. The Morgan fingerprint density at radius 3 is 2.42 bits per heavy atom. The van der Waals surface area contributed by atoms with E-state index in [2.05, 4.69) is 25.5 Å². The van der Waals surface area contributed by atoms with E-state index in [4.69, 9.17) is 37.4 Å². The molecule has 13 heteroatoms. The SMILES string of the molecule is CC(C)(C)OC(COc1cc(N2CCOCC2)ccc1C(=O)Nc1ccc(Cl)cc1C(=O)Nc1ccc(Cl)cn1)N=C=O. The third-order valence-corrected chi connectivity index (χ3v) is 6.56. The molecule has 2 heterocycles. The van der Waals surface area contributed by atoms with Crippen LogP contribution in [-0.2, 0) is 14.3 Å². The summed E-state index contributed by atoms with van der Waals surface area (Å²) in [5.41, 5.74) is 0.719. The number of pyridine rings is 1. The third-order valence-electron chi connectivity index (χ3n) is 6.10. The van der Waals surface area contributed by atoms with Crippen LogP contribution >= 0.6 is 23.2 Å². The van der Waals surface area contributed by atoms with Gasteiger partial charge in [0, 0.05) is 36.1 Å². The number of carbonyl (C=O) groups excluding carboxylic acids is 3. The first-order valence-electron chi connectivity index (χ1n) is 13.4. The summed E-state index contributed by atoms with van der Waals surface area (Å²) in [6.07, 6.45) is 1.96. The number of anilines is 3. The van der Waals surface area contributed by atoms with E-state index in [9.17, 15) is 14.4 Å². The van der Waals surface area contributed by atoms with Gasteiger partial charge in [0.15, 0.2) is 6.23 Å². The smallest absolute Gasteiger partial charge is 0.259 e. The third kappa shape index (κ3) is 9.25. The van der Waals surface area contributed by atoms with Crippen molar-refractivity contribution in [2.45, 2.75) is 32.6 Å². The van der Waals surface area contributed by atoms with Crippen molar-refractivity contribution in [1.29, 1.82) is 0 Å². The molecule has 11 nitrogen and oxygen atoms in total. The molecule has 1 aromatic heterocycles. The fourth-order valence-electron chi connectivity index (χ4n) is 4.20. The van der Waals surface area contributed by atoms with Crippen LogP contribution < -0.4 is 20.3 Å². The molecule has 0 aliphatic carbocycles. The summed E-state index contributed by atoms with van der Waals surface area (Å²) in [7, 11) is 0. The van der Waals surface area contributed by atoms with Gasteiger partial charge in [-0.05, 0) is 63.2 Å². The zero-order chi connectivity index (χ0) is 31.0. The number of hydrogen-bond donors (Lipinski definition) is 2. The van der Waals surface area contributed by atoms with Crippen molar-refractivity contribution in [3.8, 4) is 5.75 Å². The molecular weight excluding hydrogens is 597 g/mol. The second-order valence-corrected chi connectivity index (χ2v) is 11.3. The first-order valence-corrected chi connectivity index (χ1v) is 14.2. The molecule has 0 saturated carbocycles. The average Bonchev–Trinajstić information content (AvgIpc) is 2.97. The summed E-state index contributed by atoms with van der Waals surface area (Å²) in [4.78, 5) is 47.7. The number of isocyanates is 1. The Kier molecular flexibility index (Phi) is 10.7. The van der Waals surface area contributed by atoms with Crippen molar-refractivity contribution in [1.82, 2.24) is 4.98 Å². The van der Waals surface area contributed by atoms with Crippen LogP contribution in [0.4, 0.5) is 17.2 Å². The highest BCUT2D eigenvalue weighted by Crippen LogP contribution is 2.29. The summed E-state index contributed by atoms with van der Waals surface area (Å²) in [5.74, 6) is -0.584. The van der Waals surface area contributed by atoms with Gasteiger partial charge in [-0.3, -0.25) is 9.59 Å². The number of amides is 2. The lowest BCUT2D eigenvalue weighted by Gasteiger charge is -2.29. The van der Waals surface area contributed by atoms with Crippen molar-refractivity contribution in [2.24, 2.45) is 4.99 Å². The molecule has 0 bridgehead atoms. The second-order valence-electron chi connectivity index (χ2n) is 10.5. The van der Waals surface area contributed by atoms with Gasteiger partial charge in [-0.15, -0.1) is 0 Å². The number of ether oxygens (including phenoxy) is 3. The maximum absolute atomic E-state index is 13.6. The Morgan fingerprint density at radius 2 is 1.74 bits per heavy atom. The minimum absolute atomic E-state index is 0.115. The van der Waals surface area contributed by atoms with Crippen LogP contribution in [0.5, 0.6) is 5.75 Å². The highest BCUT2D eigenvalue weighted by atomic mass is 35.5. The highest BCUT2D eigenvalue weighted by Gasteiger charge is 2.23. The number of aliphatic imine (C=N–C) groups is 1. The number of rotatable bonds is 10. The maximum atomic E-state index is 13.6. The topological polar surface area (TPSA) is 131 Å². The second kappa shape index (κ2) is 14.5. The maximum Gasteiger partial charge on any atom is 0.259 e. The van der Waals surface area contributed by atoms with Crippen LogP contribution in [0.1, 0.15) is 41.5 Å². The minimum atomic E-state index is -0.950. The molecule has 0 spiro atoms. The van der Waals surface area contributed by atoms with Gasteiger partial charge in [0.2, 0.25) is 6.08 Å². The number of nitrogens with one attached hydrogen (secondary N) is 2. The highest BCUT2D eigenvalue weighted by molar-refractivity contribution is 6.31. The van der Waals surface area contributed by atoms with Gasteiger partial charge in [-0.25, -0.2) is 9.78 Å². The Hall–Kier alpha value is -3.99. The molecular formula is C30H31Cl2N5O6. The van der Waals surface area contributed by atoms with Gasteiger partial charge in [-0.1, -0.05) is 23.2 Å². The average molecular weight is 629 g/mol. The predicted octanol–water partition coefficient (Wildman–Crippen LogP) is 5.59. The van der Waals surface area contributed by atoms with Crippen molar-refractivity contribution in [3.63, 3.8) is 0 Å². The summed E-state index contributed by atoms with van der Waals surface area (Å²) in [6, 6.07) is 12.8. The van der Waals surface area contributed by atoms with E-state index in [0.717, 1.165) is 5.69 Å². The number of morpholine rings is 1. The molecule has 1 aliphatic rings. The van der Waals surface area contributed by atoms with E-state index < -0.39 is 23.6 Å². The van der Waals surface area contributed by atoms with Crippen LogP contribution in [-0.4, -0.2) is 67.6 Å². The quantitative estimate of drug-likeness (QED) is 0.220.